The number of phenolic OH excluding ortho intramolecular Hbond substituents is 1. The molecule has 2 N–H and O–H groups in total. The summed E-state index contributed by atoms with van der Waals surface area (Å²) >= 11 is 0. The van der Waals surface area contributed by atoms with Gasteiger partial charge < -0.3 is 15.2 Å². The summed E-state index contributed by atoms with van der Waals surface area (Å²) in [5.74, 6) is -1.62. The summed E-state index contributed by atoms with van der Waals surface area (Å²) in [6, 6.07) is 7.59. The molecule has 24 heavy (non-hydrogen) atoms. The molecule has 0 atom stereocenters. The van der Waals surface area contributed by atoms with Crippen molar-refractivity contribution < 1.29 is 19.4 Å². The lowest BCUT2D eigenvalue weighted by atomic mass is 9.83. The van der Waals surface area contributed by atoms with Crippen LogP contribution in [-0.2, 0) is 9.53 Å². The van der Waals surface area contributed by atoms with Gasteiger partial charge in [-0.25, -0.2) is 4.79 Å². The molecule has 1 amide bonds. The molecule has 1 aromatic carbocycles. The van der Waals surface area contributed by atoms with Gasteiger partial charge >= 0.3 is 5.97 Å². The van der Waals surface area contributed by atoms with E-state index >= 15 is 0 Å². The normalized spacial score (nSPS) is 15.6. The Morgan fingerprint density at radius 3 is 2.54 bits per heavy atom. The third kappa shape index (κ3) is 4.23. The van der Waals surface area contributed by atoms with Crippen molar-refractivity contribution >= 4 is 11.9 Å². The molecule has 124 valence electrons. The third-order valence-electron chi connectivity index (χ3n) is 3.92. The number of esters is 1. The second-order valence-corrected chi connectivity index (χ2v) is 5.76. The number of nitriles is 2. The Kier molecular flexibility index (Phi) is 5.39. The van der Waals surface area contributed by atoms with Crippen molar-refractivity contribution in [2.24, 2.45) is 0 Å². The zero-order valence-electron chi connectivity index (χ0n) is 13.0. The molecule has 1 fully saturated rings. The van der Waals surface area contributed by atoms with Gasteiger partial charge in [0, 0.05) is 0 Å². The van der Waals surface area contributed by atoms with Crippen molar-refractivity contribution in [2.75, 3.05) is 6.61 Å². The maximum atomic E-state index is 12.0. The van der Waals surface area contributed by atoms with E-state index in [-0.39, 0.29) is 16.9 Å². The van der Waals surface area contributed by atoms with E-state index < -0.39 is 24.0 Å². The SMILES string of the molecule is N#Cc1cc(O)cc(C(=O)OCC(=O)NC2(C#N)CCCCC2)c1. The summed E-state index contributed by atoms with van der Waals surface area (Å²) < 4.78 is 4.89. The maximum Gasteiger partial charge on any atom is 0.338 e. The third-order valence-corrected chi connectivity index (χ3v) is 3.92. The second kappa shape index (κ2) is 7.47. The van der Waals surface area contributed by atoms with Gasteiger partial charge in [-0.15, -0.1) is 0 Å². The van der Waals surface area contributed by atoms with Crippen LogP contribution in [0.1, 0.15) is 48.0 Å². The van der Waals surface area contributed by atoms with Crippen LogP contribution < -0.4 is 5.32 Å². The first-order chi connectivity index (χ1) is 11.5. The van der Waals surface area contributed by atoms with Crippen LogP contribution in [0.2, 0.25) is 0 Å². The van der Waals surface area contributed by atoms with E-state index in [1.54, 1.807) is 0 Å². The fourth-order valence-corrected chi connectivity index (χ4v) is 2.73. The first-order valence-electron chi connectivity index (χ1n) is 7.61. The highest BCUT2D eigenvalue weighted by Crippen LogP contribution is 2.27. The largest absolute Gasteiger partial charge is 0.508 e. The smallest absolute Gasteiger partial charge is 0.338 e. The van der Waals surface area contributed by atoms with Crippen LogP contribution in [-0.4, -0.2) is 29.1 Å². The van der Waals surface area contributed by atoms with Gasteiger partial charge in [-0.2, -0.15) is 10.5 Å². The molecule has 0 saturated heterocycles. The Hall–Kier alpha value is -3.06. The number of hydrogen-bond acceptors (Lipinski definition) is 6. The summed E-state index contributed by atoms with van der Waals surface area (Å²) in [6.45, 7) is -0.528. The van der Waals surface area contributed by atoms with E-state index in [0.717, 1.165) is 25.3 Å². The molecule has 0 radical (unpaired) electrons. The van der Waals surface area contributed by atoms with Crippen LogP contribution in [0.4, 0.5) is 0 Å². The Balaban J connectivity index is 1.94. The molecule has 0 bridgehead atoms. The van der Waals surface area contributed by atoms with Gasteiger partial charge in [0.25, 0.3) is 5.91 Å². The number of hydrogen-bond donors (Lipinski definition) is 2. The molecule has 0 aliphatic heterocycles. The number of nitrogens with one attached hydrogen (secondary N) is 1. The molecule has 1 aromatic rings. The topological polar surface area (TPSA) is 123 Å². The van der Waals surface area contributed by atoms with E-state index in [1.807, 2.05) is 6.07 Å². The molecule has 1 aliphatic rings. The number of carbonyl (C=O) groups excluding carboxylic acids is 2. The minimum atomic E-state index is -0.888. The highest BCUT2D eigenvalue weighted by atomic mass is 16.5. The minimum absolute atomic E-state index is 0.0213. The molecule has 1 saturated carbocycles. The van der Waals surface area contributed by atoms with Crippen LogP contribution in [0.25, 0.3) is 0 Å². The van der Waals surface area contributed by atoms with Gasteiger partial charge in [0.15, 0.2) is 6.61 Å². The first-order valence-corrected chi connectivity index (χ1v) is 7.61. The number of rotatable bonds is 4. The Morgan fingerprint density at radius 1 is 1.21 bits per heavy atom. The van der Waals surface area contributed by atoms with Crippen LogP contribution >= 0.6 is 0 Å². The number of phenols is 1. The van der Waals surface area contributed by atoms with Crippen LogP contribution in [0.3, 0.4) is 0 Å². The molecular formula is C17H17N3O4. The van der Waals surface area contributed by atoms with Gasteiger partial charge in [-0.3, -0.25) is 4.79 Å². The quantitative estimate of drug-likeness (QED) is 0.812. The van der Waals surface area contributed by atoms with Crippen molar-refractivity contribution in [3.05, 3.63) is 29.3 Å². The zero-order valence-corrected chi connectivity index (χ0v) is 13.0. The summed E-state index contributed by atoms with van der Waals surface area (Å²) in [7, 11) is 0. The van der Waals surface area contributed by atoms with Gasteiger partial charge in [0.05, 0.1) is 23.3 Å². The molecule has 2 rings (SSSR count). The van der Waals surface area contributed by atoms with Crippen molar-refractivity contribution in [3.63, 3.8) is 0 Å². The number of aromatic hydroxyl groups is 1. The van der Waals surface area contributed by atoms with Gasteiger partial charge in [-0.1, -0.05) is 19.3 Å². The summed E-state index contributed by atoms with van der Waals surface area (Å²) in [6.07, 6.45) is 3.94. The number of nitrogens with zero attached hydrogens (tertiary/aromatic N) is 2. The molecule has 7 heteroatoms. The first kappa shape index (κ1) is 17.3. The predicted molar refractivity (Wildman–Crippen MR) is 82.7 cm³/mol. The molecule has 0 heterocycles. The lowest BCUT2D eigenvalue weighted by Crippen LogP contribution is -2.50. The van der Waals surface area contributed by atoms with Gasteiger partial charge in [0.2, 0.25) is 0 Å². The lowest BCUT2D eigenvalue weighted by Gasteiger charge is -2.31. The average molecular weight is 327 g/mol. The van der Waals surface area contributed by atoms with Gasteiger partial charge in [-0.05, 0) is 31.0 Å². The second-order valence-electron chi connectivity index (χ2n) is 5.76. The summed E-state index contributed by atoms with van der Waals surface area (Å²) in [5, 5.41) is 30.2. The van der Waals surface area contributed by atoms with Crippen molar-refractivity contribution in [1.29, 1.82) is 10.5 Å². The van der Waals surface area contributed by atoms with Crippen LogP contribution in [0.5, 0.6) is 5.75 Å². The minimum Gasteiger partial charge on any atom is -0.508 e. The van der Waals surface area contributed by atoms with Crippen molar-refractivity contribution in [3.8, 4) is 17.9 Å². The summed E-state index contributed by atoms with van der Waals surface area (Å²) in [4.78, 5) is 23.9. The number of carbonyl (C=O) groups is 2. The molecule has 1 aliphatic carbocycles. The highest BCUT2D eigenvalue weighted by molar-refractivity contribution is 5.92. The van der Waals surface area contributed by atoms with E-state index in [2.05, 4.69) is 11.4 Å². The van der Waals surface area contributed by atoms with Crippen LogP contribution in [0, 0.1) is 22.7 Å². The fourth-order valence-electron chi connectivity index (χ4n) is 2.73. The van der Waals surface area contributed by atoms with Crippen LogP contribution in [0.15, 0.2) is 18.2 Å². The molecular weight excluding hydrogens is 310 g/mol. The Labute approximate surface area is 139 Å². The van der Waals surface area contributed by atoms with Crippen molar-refractivity contribution in [1.82, 2.24) is 5.32 Å². The lowest BCUT2D eigenvalue weighted by molar-refractivity contribution is -0.125. The zero-order chi connectivity index (χ0) is 17.6. The molecule has 0 spiro atoms. The Bertz CT molecular complexity index is 724. The average Bonchev–Trinajstić information content (AvgIpc) is 2.59. The summed E-state index contributed by atoms with van der Waals surface area (Å²) in [5.41, 5.74) is -0.801. The van der Waals surface area contributed by atoms with Crippen molar-refractivity contribution in [2.45, 2.75) is 37.6 Å². The Morgan fingerprint density at radius 2 is 1.92 bits per heavy atom. The van der Waals surface area contributed by atoms with E-state index in [4.69, 9.17) is 10.00 Å². The maximum absolute atomic E-state index is 12.0. The molecule has 0 unspecified atom stereocenters. The fraction of sp³-hybridized carbons (Fsp3) is 0.412. The number of amides is 1. The molecule has 7 nitrogen and oxygen atoms in total. The predicted octanol–water partition coefficient (Wildman–Crippen LogP) is 1.76. The van der Waals surface area contributed by atoms with Gasteiger partial charge in [0.1, 0.15) is 11.3 Å². The number of benzene rings is 1. The van der Waals surface area contributed by atoms with E-state index in [9.17, 15) is 20.0 Å². The monoisotopic (exact) mass is 327 g/mol. The molecule has 0 aromatic heterocycles. The van der Waals surface area contributed by atoms with E-state index in [0.29, 0.717) is 12.8 Å². The highest BCUT2D eigenvalue weighted by Gasteiger charge is 2.33. The van der Waals surface area contributed by atoms with E-state index in [1.165, 1.54) is 12.1 Å². The number of ether oxygens (including phenoxy) is 1. The standard InChI is InChI=1S/C17H17N3O4/c18-9-12-6-13(8-14(21)7-12)16(23)24-10-15(22)20-17(11-19)4-2-1-3-5-17/h6-8,21H,1-5,10H2,(H,20,22).